The molecule has 0 fully saturated rings. The van der Waals surface area contributed by atoms with E-state index in [2.05, 4.69) is 0 Å². The lowest BCUT2D eigenvalue weighted by Crippen LogP contribution is -2.50. The zero-order valence-electron chi connectivity index (χ0n) is 26.0. The monoisotopic (exact) mass is 607 g/mol. The number of esters is 1. The highest BCUT2D eigenvalue weighted by molar-refractivity contribution is 5.89. The Balaban J connectivity index is 0.000000300. The molecule has 2 heterocycles. The first kappa shape index (κ1) is 35.8. The molecule has 0 spiro atoms. The molecule has 10 nitrogen and oxygen atoms in total. The van der Waals surface area contributed by atoms with E-state index in [-0.39, 0.29) is 19.6 Å². The zero-order chi connectivity index (χ0) is 31.9. The van der Waals surface area contributed by atoms with Crippen LogP contribution in [0.25, 0.3) is 0 Å². The quantitative estimate of drug-likeness (QED) is 0.308. The van der Waals surface area contributed by atoms with Gasteiger partial charge in [0.1, 0.15) is 17.2 Å². The number of nitriles is 1. The van der Waals surface area contributed by atoms with Crippen molar-refractivity contribution in [3.63, 3.8) is 0 Å². The lowest BCUT2D eigenvalue weighted by molar-refractivity contribution is -0.147. The number of hydrogen-bond acceptors (Lipinski definition) is 8. The Morgan fingerprint density at radius 2 is 1.14 bits per heavy atom. The van der Waals surface area contributed by atoms with Crippen molar-refractivity contribution < 1.29 is 33.4 Å². The summed E-state index contributed by atoms with van der Waals surface area (Å²) in [4.78, 5) is 51.8. The molecule has 2 atom stereocenters. The summed E-state index contributed by atoms with van der Waals surface area (Å²) < 4.78 is 15.6. The SMILES string of the molecule is C.CC(C)(C)OC(=O)N1Cc2ccccc2C[C@H]1C(=O)CC#N.COC(=O)[C@@H]1Cc2ccccc2CN1C(=O)OC(C)(C)C. The Morgan fingerprint density at radius 3 is 1.52 bits per heavy atom. The smallest absolute Gasteiger partial charge is 0.411 e. The summed E-state index contributed by atoms with van der Waals surface area (Å²) in [5.74, 6) is -0.668. The summed E-state index contributed by atoms with van der Waals surface area (Å²) in [7, 11) is 1.33. The number of amides is 2. The number of rotatable bonds is 3. The maximum Gasteiger partial charge on any atom is 0.411 e. The van der Waals surface area contributed by atoms with Crippen LogP contribution in [-0.4, -0.2) is 64.1 Å². The van der Waals surface area contributed by atoms with Crippen molar-refractivity contribution in [3.8, 4) is 6.07 Å². The van der Waals surface area contributed by atoms with Crippen LogP contribution in [-0.2, 0) is 49.7 Å². The Morgan fingerprint density at radius 1 is 0.750 bits per heavy atom. The fourth-order valence-corrected chi connectivity index (χ4v) is 4.90. The number of ketones is 1. The second kappa shape index (κ2) is 14.9. The van der Waals surface area contributed by atoms with Gasteiger partial charge in [0, 0.05) is 12.8 Å². The molecule has 0 saturated heterocycles. The predicted octanol–water partition coefficient (Wildman–Crippen LogP) is 5.99. The average Bonchev–Trinajstić information content (AvgIpc) is 2.94. The van der Waals surface area contributed by atoms with Gasteiger partial charge in [-0.25, -0.2) is 14.4 Å². The molecule has 238 valence electrons. The highest BCUT2D eigenvalue weighted by atomic mass is 16.6. The standard InChI is InChI=1S/C17H20N2O3.C16H21NO4.CH4/c1-17(2,3)22-16(21)19-11-13-7-5-4-6-12(13)10-14(19)15(20)8-9-18;1-16(2,3)21-15(19)17-10-12-8-6-5-7-11(12)9-13(17)14(18)20-4;/h4-7,14H,8,10-11H2,1-3H3;5-8,13H,9-10H2,1-4H3;1H4/t14-;13-;/m00./s1. The molecular formula is C34H45N3O7. The van der Waals surface area contributed by atoms with Crippen LogP contribution in [0, 0.1) is 11.3 Å². The van der Waals surface area contributed by atoms with Crippen molar-refractivity contribution >= 4 is 23.9 Å². The molecular weight excluding hydrogens is 562 g/mol. The third kappa shape index (κ3) is 9.56. The number of fused-ring (bicyclic) bond motifs is 2. The first-order valence-corrected chi connectivity index (χ1v) is 14.2. The van der Waals surface area contributed by atoms with E-state index >= 15 is 0 Å². The minimum Gasteiger partial charge on any atom is -0.467 e. The molecule has 2 aromatic rings. The summed E-state index contributed by atoms with van der Waals surface area (Å²) in [6.07, 6.45) is -0.338. The van der Waals surface area contributed by atoms with Crippen LogP contribution in [0.5, 0.6) is 0 Å². The molecule has 2 aromatic carbocycles. The number of ether oxygens (including phenoxy) is 3. The maximum atomic E-state index is 12.4. The number of Topliss-reactive ketones (excluding diaryl/α,β-unsaturated/α-hetero) is 1. The Bertz CT molecular complexity index is 1380. The molecule has 0 aliphatic carbocycles. The van der Waals surface area contributed by atoms with Crippen LogP contribution in [0.2, 0.25) is 0 Å². The van der Waals surface area contributed by atoms with Crippen molar-refractivity contribution in [3.05, 3.63) is 70.8 Å². The number of benzene rings is 2. The molecule has 2 amide bonds. The van der Waals surface area contributed by atoms with Crippen LogP contribution >= 0.6 is 0 Å². The van der Waals surface area contributed by atoms with Crippen molar-refractivity contribution in [1.29, 1.82) is 5.26 Å². The van der Waals surface area contributed by atoms with E-state index in [4.69, 9.17) is 19.5 Å². The minimum atomic E-state index is -0.639. The van der Waals surface area contributed by atoms with Gasteiger partial charge in [0.15, 0.2) is 5.78 Å². The van der Waals surface area contributed by atoms with E-state index < -0.39 is 41.4 Å². The van der Waals surface area contributed by atoms with Crippen molar-refractivity contribution in [2.75, 3.05) is 7.11 Å². The van der Waals surface area contributed by atoms with E-state index in [9.17, 15) is 19.2 Å². The van der Waals surface area contributed by atoms with E-state index in [0.29, 0.717) is 25.9 Å². The normalized spacial score (nSPS) is 17.2. The van der Waals surface area contributed by atoms with Gasteiger partial charge >= 0.3 is 18.2 Å². The molecule has 0 saturated carbocycles. The molecule has 10 heteroatoms. The zero-order valence-corrected chi connectivity index (χ0v) is 26.0. The van der Waals surface area contributed by atoms with Crippen LogP contribution in [0.1, 0.15) is 77.6 Å². The Labute approximate surface area is 260 Å². The fourth-order valence-electron chi connectivity index (χ4n) is 4.90. The van der Waals surface area contributed by atoms with Crippen molar-refractivity contribution in [1.82, 2.24) is 9.80 Å². The molecule has 0 N–H and O–H groups in total. The number of hydrogen-bond donors (Lipinski definition) is 0. The van der Waals surface area contributed by atoms with Gasteiger partial charge in [0.2, 0.25) is 0 Å². The summed E-state index contributed by atoms with van der Waals surface area (Å²) in [6.45, 7) is 11.4. The topological polar surface area (TPSA) is 126 Å². The van der Waals surface area contributed by atoms with E-state index in [1.54, 1.807) is 41.5 Å². The predicted molar refractivity (Wildman–Crippen MR) is 165 cm³/mol. The third-order valence-electron chi connectivity index (χ3n) is 6.85. The average molecular weight is 608 g/mol. The van der Waals surface area contributed by atoms with Crippen LogP contribution in [0.15, 0.2) is 48.5 Å². The van der Waals surface area contributed by atoms with Gasteiger partial charge in [-0.1, -0.05) is 56.0 Å². The van der Waals surface area contributed by atoms with Gasteiger partial charge in [-0.2, -0.15) is 5.26 Å². The second-order valence-electron chi connectivity index (χ2n) is 12.5. The molecule has 0 radical (unpaired) electrons. The molecule has 2 aliphatic heterocycles. The summed E-state index contributed by atoms with van der Waals surface area (Å²) >= 11 is 0. The third-order valence-corrected chi connectivity index (χ3v) is 6.85. The highest BCUT2D eigenvalue weighted by Gasteiger charge is 2.38. The van der Waals surface area contributed by atoms with E-state index in [0.717, 1.165) is 22.3 Å². The van der Waals surface area contributed by atoms with Gasteiger partial charge in [0.05, 0.1) is 38.7 Å². The largest absolute Gasteiger partial charge is 0.467 e. The molecule has 44 heavy (non-hydrogen) atoms. The lowest BCUT2D eigenvalue weighted by Gasteiger charge is -2.36. The van der Waals surface area contributed by atoms with Crippen molar-refractivity contribution in [2.24, 2.45) is 0 Å². The van der Waals surface area contributed by atoms with Gasteiger partial charge in [0.25, 0.3) is 0 Å². The second-order valence-corrected chi connectivity index (χ2v) is 12.5. The Hall–Kier alpha value is -4.39. The first-order chi connectivity index (χ1) is 20.1. The summed E-state index contributed by atoms with van der Waals surface area (Å²) in [5, 5.41) is 8.77. The molecule has 2 aliphatic rings. The summed E-state index contributed by atoms with van der Waals surface area (Å²) in [5.41, 5.74) is 2.91. The van der Waals surface area contributed by atoms with Crippen LogP contribution in [0.4, 0.5) is 9.59 Å². The number of carbonyl (C=O) groups is 4. The lowest BCUT2D eigenvalue weighted by atomic mass is 9.91. The first-order valence-electron chi connectivity index (χ1n) is 14.2. The number of methoxy groups -OCH3 is 1. The van der Waals surface area contributed by atoms with Gasteiger partial charge in [-0.3, -0.25) is 14.6 Å². The molecule has 0 bridgehead atoms. The van der Waals surface area contributed by atoms with Gasteiger partial charge < -0.3 is 14.2 Å². The maximum absolute atomic E-state index is 12.4. The van der Waals surface area contributed by atoms with Gasteiger partial charge in [-0.05, 0) is 63.8 Å². The Kier molecular flexibility index (Phi) is 12.1. The van der Waals surface area contributed by atoms with Crippen LogP contribution < -0.4 is 0 Å². The summed E-state index contributed by atoms with van der Waals surface area (Å²) in [6, 6.07) is 16.1. The highest BCUT2D eigenvalue weighted by Crippen LogP contribution is 2.27. The van der Waals surface area contributed by atoms with Gasteiger partial charge in [-0.15, -0.1) is 0 Å². The van der Waals surface area contributed by atoms with E-state index in [1.165, 1.54) is 16.9 Å². The molecule has 0 unspecified atom stereocenters. The number of carbonyl (C=O) groups excluding carboxylic acids is 4. The molecule has 0 aromatic heterocycles. The minimum absolute atomic E-state index is 0. The van der Waals surface area contributed by atoms with Crippen LogP contribution in [0.3, 0.4) is 0 Å². The fraction of sp³-hybridized carbons (Fsp3) is 0.500. The number of nitrogens with zero attached hydrogens (tertiary/aromatic N) is 3. The molecule has 4 rings (SSSR count). The van der Waals surface area contributed by atoms with E-state index in [1.807, 2.05) is 54.6 Å². The van der Waals surface area contributed by atoms with Crippen molar-refractivity contribution in [2.45, 2.75) is 105 Å².